The number of aryl methyl sites for hydroxylation is 3. The predicted octanol–water partition coefficient (Wildman–Crippen LogP) is 4.52. The monoisotopic (exact) mass is 361 g/mol. The van der Waals surface area contributed by atoms with E-state index >= 15 is 0 Å². The molecule has 0 aliphatic carbocycles. The van der Waals surface area contributed by atoms with Gasteiger partial charge in [-0.2, -0.15) is 0 Å². The first-order valence-corrected chi connectivity index (χ1v) is 7.99. The fourth-order valence-corrected chi connectivity index (χ4v) is 3.01. The Hall–Kier alpha value is 0.371. The van der Waals surface area contributed by atoms with E-state index in [0.717, 1.165) is 52.2 Å². The van der Waals surface area contributed by atoms with E-state index in [9.17, 15) is 0 Å². The van der Waals surface area contributed by atoms with Crippen molar-refractivity contribution in [3.05, 3.63) is 28.8 Å². The molecule has 0 aliphatic rings. The molecule has 0 N–H and O–H groups in total. The van der Waals surface area contributed by atoms with Crippen molar-refractivity contribution < 1.29 is 40.4 Å². The molecule has 1 aromatic rings. The second-order valence-electron chi connectivity index (χ2n) is 4.72. The van der Waals surface area contributed by atoms with E-state index in [1.807, 2.05) is 0 Å². The molecular formula is C15H23NdO. The summed E-state index contributed by atoms with van der Waals surface area (Å²) in [5.41, 5.74) is 4.23. The van der Waals surface area contributed by atoms with Crippen molar-refractivity contribution in [1.29, 1.82) is 0 Å². The summed E-state index contributed by atoms with van der Waals surface area (Å²) in [6.45, 7) is 6.69. The van der Waals surface area contributed by atoms with Gasteiger partial charge in [0.05, 0.1) is 0 Å². The quantitative estimate of drug-likeness (QED) is 0.692. The van der Waals surface area contributed by atoms with E-state index in [1.54, 1.807) is 0 Å². The third-order valence-electron chi connectivity index (χ3n) is 3.09. The van der Waals surface area contributed by atoms with Crippen LogP contribution in [0.15, 0.2) is 12.1 Å². The van der Waals surface area contributed by atoms with Crippen molar-refractivity contribution in [1.82, 2.24) is 0 Å². The van der Waals surface area contributed by atoms with Crippen LogP contribution >= 0.6 is 0 Å². The summed E-state index contributed by atoms with van der Waals surface area (Å²) in [6, 6.07) is 4.61. The summed E-state index contributed by atoms with van der Waals surface area (Å²) in [5.74, 6) is 1.20. The first kappa shape index (κ1) is 15.4. The van der Waals surface area contributed by atoms with Gasteiger partial charge in [0.25, 0.3) is 0 Å². The molecule has 1 aromatic carbocycles. The molecule has 1 nitrogen and oxygen atoms in total. The zero-order chi connectivity index (χ0) is 12.7. The number of hydrogen-bond donors (Lipinski definition) is 0. The fourth-order valence-electron chi connectivity index (χ4n) is 2.17. The molecule has 0 bridgehead atoms. The van der Waals surface area contributed by atoms with Gasteiger partial charge in [-0.05, 0) is 0 Å². The van der Waals surface area contributed by atoms with Gasteiger partial charge in [0.1, 0.15) is 0 Å². The minimum atomic E-state index is 0.789. The summed E-state index contributed by atoms with van der Waals surface area (Å²) in [4.78, 5) is 0. The Morgan fingerprint density at radius 1 is 1.00 bits per heavy atom. The van der Waals surface area contributed by atoms with Crippen LogP contribution in [0.3, 0.4) is 0 Å². The van der Waals surface area contributed by atoms with Crippen molar-refractivity contribution in [2.24, 2.45) is 0 Å². The van der Waals surface area contributed by atoms with Crippen LogP contribution in [0.25, 0.3) is 0 Å². The molecule has 0 aliphatic heterocycles. The second-order valence-corrected chi connectivity index (χ2v) is 5.38. The average Bonchev–Trinajstić information content (AvgIpc) is 2.33. The van der Waals surface area contributed by atoms with Crippen LogP contribution in [-0.2, 0) is 12.8 Å². The second kappa shape index (κ2) is 8.47. The van der Waals surface area contributed by atoms with E-state index in [4.69, 9.17) is 1.06 Å². The minimum absolute atomic E-state index is 0.789. The van der Waals surface area contributed by atoms with Crippen molar-refractivity contribution in [2.45, 2.75) is 59.3 Å². The maximum atomic E-state index is 5.76. The number of unbranched alkanes of at least 4 members (excludes halogenated alkanes) is 2. The summed E-state index contributed by atoms with van der Waals surface area (Å²) >= 11 is 0.789. The third kappa shape index (κ3) is 4.86. The van der Waals surface area contributed by atoms with Crippen LogP contribution in [0, 0.1) is 46.3 Å². The van der Waals surface area contributed by atoms with E-state index in [-0.39, 0.29) is 0 Å². The molecule has 93 valence electrons. The molecule has 2 heteroatoms. The Kier molecular flexibility index (Phi) is 7.69. The van der Waals surface area contributed by atoms with Crippen LogP contribution in [-0.4, -0.2) is 0 Å². The van der Waals surface area contributed by atoms with E-state index < -0.39 is 0 Å². The van der Waals surface area contributed by atoms with Gasteiger partial charge in [-0.15, -0.1) is 0 Å². The molecule has 0 saturated carbocycles. The zero-order valence-corrected chi connectivity index (χ0v) is 14.5. The number of hydrogen-bond acceptors (Lipinski definition) is 1. The standard InChI is InChI=1S/C15H24O.Nd/c1-4-6-8-13-10-12(3)11-14(15(13)16)9-7-5-2;/h10-11,16H,4-9H2,1-3H3;/q;+1/p-1. The van der Waals surface area contributed by atoms with Crippen LogP contribution in [0.1, 0.15) is 56.2 Å². The van der Waals surface area contributed by atoms with E-state index in [2.05, 4.69) is 32.9 Å². The van der Waals surface area contributed by atoms with Crippen molar-refractivity contribution in [2.75, 3.05) is 0 Å². The van der Waals surface area contributed by atoms with Crippen LogP contribution < -0.4 is 1.06 Å². The molecule has 0 saturated heterocycles. The van der Waals surface area contributed by atoms with Gasteiger partial charge < -0.3 is 0 Å². The molecule has 0 radical (unpaired) electrons. The molecular weight excluding hydrogens is 340 g/mol. The fraction of sp³-hybridized carbons (Fsp3) is 0.600. The average molecular weight is 364 g/mol. The van der Waals surface area contributed by atoms with Gasteiger partial charge in [0.15, 0.2) is 0 Å². The van der Waals surface area contributed by atoms with Gasteiger partial charge in [-0.3, -0.25) is 0 Å². The first-order chi connectivity index (χ1) is 8.22. The Morgan fingerprint density at radius 2 is 1.47 bits per heavy atom. The Balaban J connectivity index is 2.97. The molecule has 0 spiro atoms. The summed E-state index contributed by atoms with van der Waals surface area (Å²) in [5, 5.41) is 0. The molecule has 1 rings (SSSR count). The van der Waals surface area contributed by atoms with Crippen molar-refractivity contribution >= 4 is 0 Å². The molecule has 0 fully saturated rings. The third-order valence-corrected chi connectivity index (χ3v) is 3.74. The Morgan fingerprint density at radius 3 is 1.82 bits per heavy atom. The van der Waals surface area contributed by atoms with Gasteiger partial charge in [0, 0.05) is 0 Å². The van der Waals surface area contributed by atoms with E-state index in [1.165, 1.54) is 48.1 Å². The summed E-state index contributed by atoms with van der Waals surface area (Å²) in [6.07, 6.45) is 7.34. The summed E-state index contributed by atoms with van der Waals surface area (Å²) in [7, 11) is 0. The normalized spacial score (nSPS) is 10.5. The van der Waals surface area contributed by atoms with Gasteiger partial charge in [-0.1, -0.05) is 0 Å². The molecule has 0 unspecified atom stereocenters. The summed E-state index contributed by atoms with van der Waals surface area (Å²) < 4.78 is 5.76. The van der Waals surface area contributed by atoms with Crippen molar-refractivity contribution in [3.63, 3.8) is 0 Å². The molecule has 0 atom stereocenters. The van der Waals surface area contributed by atoms with Gasteiger partial charge >= 0.3 is 134 Å². The Bertz CT molecular complexity index is 318. The van der Waals surface area contributed by atoms with Crippen LogP contribution in [0.4, 0.5) is 0 Å². The SMILES string of the molecule is CCCCc1cc(C)cc(CCCC)c1[O][Nd]. The zero-order valence-electron chi connectivity index (χ0n) is 11.3. The van der Waals surface area contributed by atoms with Crippen molar-refractivity contribution in [3.8, 4) is 5.75 Å². The topological polar surface area (TPSA) is 9.23 Å². The molecule has 0 amide bonds. The molecule has 17 heavy (non-hydrogen) atoms. The van der Waals surface area contributed by atoms with Crippen LogP contribution in [0.5, 0.6) is 5.75 Å². The first-order valence-electron chi connectivity index (χ1n) is 6.68. The van der Waals surface area contributed by atoms with Gasteiger partial charge in [0.2, 0.25) is 0 Å². The number of benzene rings is 1. The predicted molar refractivity (Wildman–Crippen MR) is 69.0 cm³/mol. The van der Waals surface area contributed by atoms with E-state index in [0.29, 0.717) is 0 Å². The molecule has 0 heterocycles. The number of rotatable bonds is 7. The van der Waals surface area contributed by atoms with Gasteiger partial charge in [-0.25, -0.2) is 0 Å². The van der Waals surface area contributed by atoms with Crippen LogP contribution in [0.2, 0.25) is 0 Å². The molecule has 0 aromatic heterocycles. The maximum absolute atomic E-state index is 5.76. The Labute approximate surface area is 133 Å².